The van der Waals surface area contributed by atoms with Crippen LogP contribution in [0.2, 0.25) is 0 Å². The number of halogens is 2. The molecule has 1 heterocycles. The number of hydrogen-bond acceptors (Lipinski definition) is 4. The highest BCUT2D eigenvalue weighted by Gasteiger charge is 2.51. The number of anilines is 1. The molecule has 156 valence electrons. The summed E-state index contributed by atoms with van der Waals surface area (Å²) >= 11 is 0. The standard InChI is InChI=1S/C21H29F2NO4/c1-15(2)28-17-5-3-16(4-6-17)24-12-11-20(19(24)25)7-9-21(26,10-8-20)14-27-13-18(22)23/h3-6,15,18,26H,7-14H2,1-2H3. The molecule has 5 nitrogen and oxygen atoms in total. The van der Waals surface area contributed by atoms with E-state index in [1.165, 1.54) is 0 Å². The average Bonchev–Trinajstić information content (AvgIpc) is 2.95. The van der Waals surface area contributed by atoms with Gasteiger partial charge in [-0.2, -0.15) is 0 Å². The zero-order valence-corrected chi connectivity index (χ0v) is 16.5. The summed E-state index contributed by atoms with van der Waals surface area (Å²) < 4.78 is 35.0. The minimum Gasteiger partial charge on any atom is -0.491 e. The molecule has 0 aromatic heterocycles. The fourth-order valence-corrected chi connectivity index (χ4v) is 4.18. The summed E-state index contributed by atoms with van der Waals surface area (Å²) in [5.74, 6) is 0.854. The van der Waals surface area contributed by atoms with Crippen molar-refractivity contribution in [3.8, 4) is 5.75 Å². The van der Waals surface area contributed by atoms with Crippen LogP contribution >= 0.6 is 0 Å². The first-order valence-electron chi connectivity index (χ1n) is 9.90. The summed E-state index contributed by atoms with van der Waals surface area (Å²) in [5.41, 5.74) is -0.745. The summed E-state index contributed by atoms with van der Waals surface area (Å²) in [6.45, 7) is 3.79. The van der Waals surface area contributed by atoms with Crippen LogP contribution in [0.15, 0.2) is 24.3 Å². The van der Waals surface area contributed by atoms with Gasteiger partial charge in [-0.15, -0.1) is 0 Å². The molecule has 2 fully saturated rings. The highest BCUT2D eigenvalue weighted by atomic mass is 19.3. The predicted molar refractivity (Wildman–Crippen MR) is 102 cm³/mol. The third kappa shape index (κ3) is 4.63. The Hall–Kier alpha value is -1.73. The molecule has 1 N–H and O–H groups in total. The van der Waals surface area contributed by atoms with Gasteiger partial charge >= 0.3 is 0 Å². The number of alkyl halides is 2. The first-order valence-corrected chi connectivity index (χ1v) is 9.90. The quantitative estimate of drug-likeness (QED) is 0.761. The van der Waals surface area contributed by atoms with Crippen LogP contribution < -0.4 is 9.64 Å². The molecule has 1 saturated carbocycles. The number of benzene rings is 1. The van der Waals surface area contributed by atoms with Gasteiger partial charge in [0.1, 0.15) is 12.4 Å². The summed E-state index contributed by atoms with van der Waals surface area (Å²) in [7, 11) is 0. The van der Waals surface area contributed by atoms with E-state index in [9.17, 15) is 18.7 Å². The molecule has 1 aliphatic carbocycles. The lowest BCUT2D eigenvalue weighted by molar-refractivity contribution is -0.135. The monoisotopic (exact) mass is 397 g/mol. The number of carbonyl (C=O) groups excluding carboxylic acids is 1. The second kappa shape index (κ2) is 8.33. The summed E-state index contributed by atoms with van der Waals surface area (Å²) in [4.78, 5) is 14.9. The topological polar surface area (TPSA) is 59.0 Å². The van der Waals surface area contributed by atoms with Crippen molar-refractivity contribution in [2.24, 2.45) is 5.41 Å². The average molecular weight is 397 g/mol. The van der Waals surface area contributed by atoms with Gasteiger partial charge < -0.3 is 19.5 Å². The number of ether oxygens (including phenoxy) is 2. The lowest BCUT2D eigenvalue weighted by Gasteiger charge is -2.40. The lowest BCUT2D eigenvalue weighted by Crippen LogP contribution is -2.46. The van der Waals surface area contributed by atoms with E-state index >= 15 is 0 Å². The number of hydrogen-bond donors (Lipinski definition) is 1. The molecule has 1 aliphatic heterocycles. The van der Waals surface area contributed by atoms with Crippen molar-refractivity contribution in [1.29, 1.82) is 0 Å². The number of amides is 1. The molecule has 1 saturated heterocycles. The van der Waals surface area contributed by atoms with E-state index in [2.05, 4.69) is 0 Å². The van der Waals surface area contributed by atoms with E-state index in [4.69, 9.17) is 9.47 Å². The Labute approximate surface area is 164 Å². The van der Waals surface area contributed by atoms with Crippen molar-refractivity contribution in [2.45, 2.75) is 64.1 Å². The molecule has 0 bridgehead atoms. The first kappa shape index (κ1) is 21.0. The van der Waals surface area contributed by atoms with E-state index in [0.717, 1.165) is 17.9 Å². The molecule has 1 aromatic carbocycles. The van der Waals surface area contributed by atoms with Gasteiger partial charge in [-0.05, 0) is 70.2 Å². The maximum atomic E-state index is 13.1. The third-order valence-corrected chi connectivity index (χ3v) is 5.79. The van der Waals surface area contributed by atoms with Gasteiger partial charge in [-0.3, -0.25) is 4.79 Å². The van der Waals surface area contributed by atoms with Gasteiger partial charge in [0, 0.05) is 12.2 Å². The Morgan fingerprint density at radius 2 is 1.75 bits per heavy atom. The van der Waals surface area contributed by atoms with Gasteiger partial charge in [0.2, 0.25) is 5.91 Å². The second-order valence-electron chi connectivity index (χ2n) is 8.28. The SMILES string of the molecule is CC(C)Oc1ccc(N2CCC3(CCC(O)(COCC(F)F)CC3)C2=O)cc1. The number of carbonyl (C=O) groups is 1. The molecular formula is C21H29F2NO4. The van der Waals surface area contributed by atoms with Crippen LogP contribution in [-0.4, -0.2) is 48.9 Å². The van der Waals surface area contributed by atoms with E-state index in [1.807, 2.05) is 38.1 Å². The highest BCUT2D eigenvalue weighted by molar-refractivity contribution is 6.00. The molecular weight excluding hydrogens is 368 g/mol. The van der Waals surface area contributed by atoms with Gasteiger partial charge in [0.05, 0.1) is 23.7 Å². The maximum absolute atomic E-state index is 13.1. The fraction of sp³-hybridized carbons (Fsp3) is 0.667. The second-order valence-corrected chi connectivity index (χ2v) is 8.28. The largest absolute Gasteiger partial charge is 0.491 e. The van der Waals surface area contributed by atoms with Crippen molar-refractivity contribution >= 4 is 11.6 Å². The Bertz CT molecular complexity index is 669. The molecule has 28 heavy (non-hydrogen) atoms. The third-order valence-electron chi connectivity index (χ3n) is 5.79. The maximum Gasteiger partial charge on any atom is 0.261 e. The van der Waals surface area contributed by atoms with Crippen LogP contribution in [0.4, 0.5) is 14.5 Å². The van der Waals surface area contributed by atoms with Crippen LogP contribution in [0.3, 0.4) is 0 Å². The van der Waals surface area contributed by atoms with Crippen molar-refractivity contribution in [3.05, 3.63) is 24.3 Å². The van der Waals surface area contributed by atoms with E-state index in [0.29, 0.717) is 32.2 Å². The molecule has 1 spiro atoms. The molecule has 0 radical (unpaired) electrons. The summed E-state index contributed by atoms with van der Waals surface area (Å²) in [6, 6.07) is 7.53. The first-order chi connectivity index (χ1) is 13.2. The van der Waals surface area contributed by atoms with Gasteiger partial charge in [0.25, 0.3) is 6.43 Å². The summed E-state index contributed by atoms with van der Waals surface area (Å²) in [6.07, 6.45) is 0.156. The predicted octanol–water partition coefficient (Wildman–Crippen LogP) is 3.78. The Kier molecular flexibility index (Phi) is 6.25. The van der Waals surface area contributed by atoms with Crippen LogP contribution in [0.1, 0.15) is 46.0 Å². The zero-order chi connectivity index (χ0) is 20.4. The van der Waals surface area contributed by atoms with Crippen LogP contribution in [0.25, 0.3) is 0 Å². The smallest absolute Gasteiger partial charge is 0.261 e. The lowest BCUT2D eigenvalue weighted by atomic mass is 9.68. The molecule has 3 rings (SSSR count). The molecule has 7 heteroatoms. The minimum atomic E-state index is -2.54. The number of nitrogens with zero attached hydrogens (tertiary/aromatic N) is 1. The Morgan fingerprint density at radius 1 is 1.11 bits per heavy atom. The van der Waals surface area contributed by atoms with Crippen molar-refractivity contribution in [3.63, 3.8) is 0 Å². The molecule has 2 aliphatic rings. The zero-order valence-electron chi connectivity index (χ0n) is 16.5. The molecule has 1 amide bonds. The van der Waals surface area contributed by atoms with E-state index in [1.54, 1.807) is 4.90 Å². The van der Waals surface area contributed by atoms with Crippen molar-refractivity contribution in [1.82, 2.24) is 0 Å². The Balaban J connectivity index is 1.59. The number of rotatable bonds is 7. The minimum absolute atomic E-state index is 0.0839. The Morgan fingerprint density at radius 3 is 2.32 bits per heavy atom. The van der Waals surface area contributed by atoms with Gasteiger partial charge in [0.15, 0.2) is 0 Å². The van der Waals surface area contributed by atoms with Gasteiger partial charge in [-0.1, -0.05) is 0 Å². The van der Waals surface area contributed by atoms with Gasteiger partial charge in [-0.25, -0.2) is 8.78 Å². The van der Waals surface area contributed by atoms with Crippen molar-refractivity contribution < 1.29 is 28.2 Å². The normalized spacial score (nSPS) is 28.0. The van der Waals surface area contributed by atoms with Crippen LogP contribution in [-0.2, 0) is 9.53 Å². The van der Waals surface area contributed by atoms with E-state index < -0.39 is 24.0 Å². The fourth-order valence-electron chi connectivity index (χ4n) is 4.18. The molecule has 0 unspecified atom stereocenters. The molecule has 0 atom stereocenters. The van der Waals surface area contributed by atoms with Crippen LogP contribution in [0.5, 0.6) is 5.75 Å². The van der Waals surface area contributed by atoms with Crippen LogP contribution in [0, 0.1) is 5.41 Å². The highest BCUT2D eigenvalue weighted by Crippen LogP contribution is 2.48. The molecule has 1 aromatic rings. The summed E-state index contributed by atoms with van der Waals surface area (Å²) in [5, 5.41) is 10.6. The number of aliphatic hydroxyl groups is 1. The van der Waals surface area contributed by atoms with E-state index in [-0.39, 0.29) is 18.6 Å². The van der Waals surface area contributed by atoms with Crippen molar-refractivity contribution in [2.75, 3.05) is 24.7 Å².